The van der Waals surface area contributed by atoms with Gasteiger partial charge in [0.05, 0.1) is 6.10 Å². The van der Waals surface area contributed by atoms with Crippen LogP contribution in [0.5, 0.6) is 0 Å². The zero-order chi connectivity index (χ0) is 11.7. The third-order valence-electron chi connectivity index (χ3n) is 2.61. The standard InChI is InChI=1S/C12H13ClO3/c1-7(15-2)12(14)11-6-8-5-9(13)3-4-10(8)16-11/h3-7,12,14H,1-2H3. The average molecular weight is 241 g/mol. The highest BCUT2D eigenvalue weighted by Crippen LogP contribution is 2.28. The second-order valence-electron chi connectivity index (χ2n) is 3.72. The van der Waals surface area contributed by atoms with Crippen molar-refractivity contribution in [3.63, 3.8) is 0 Å². The van der Waals surface area contributed by atoms with Crippen molar-refractivity contribution >= 4 is 22.6 Å². The summed E-state index contributed by atoms with van der Waals surface area (Å²) in [5.41, 5.74) is 0.710. The van der Waals surface area contributed by atoms with E-state index in [0.29, 0.717) is 16.4 Å². The summed E-state index contributed by atoms with van der Waals surface area (Å²) < 4.78 is 10.6. The predicted molar refractivity (Wildman–Crippen MR) is 62.7 cm³/mol. The Bertz CT molecular complexity index is 492. The van der Waals surface area contributed by atoms with E-state index >= 15 is 0 Å². The molecular formula is C12H13ClO3. The fourth-order valence-corrected chi connectivity index (χ4v) is 1.72. The summed E-state index contributed by atoms with van der Waals surface area (Å²) in [7, 11) is 1.55. The van der Waals surface area contributed by atoms with Crippen LogP contribution in [0.3, 0.4) is 0 Å². The minimum absolute atomic E-state index is 0.309. The minimum Gasteiger partial charge on any atom is -0.458 e. The average Bonchev–Trinajstić information content (AvgIpc) is 2.69. The van der Waals surface area contributed by atoms with Gasteiger partial charge in [-0.15, -0.1) is 0 Å². The van der Waals surface area contributed by atoms with Gasteiger partial charge in [0.15, 0.2) is 0 Å². The second-order valence-corrected chi connectivity index (χ2v) is 4.15. The number of rotatable bonds is 3. The molecule has 1 heterocycles. The molecule has 0 radical (unpaired) electrons. The number of furan rings is 1. The topological polar surface area (TPSA) is 42.6 Å². The van der Waals surface area contributed by atoms with Crippen LogP contribution in [-0.2, 0) is 4.74 Å². The maximum atomic E-state index is 9.91. The molecule has 0 fully saturated rings. The first-order valence-electron chi connectivity index (χ1n) is 5.01. The number of methoxy groups -OCH3 is 1. The van der Waals surface area contributed by atoms with E-state index in [1.807, 2.05) is 0 Å². The first kappa shape index (κ1) is 11.5. The molecule has 3 nitrogen and oxygen atoms in total. The molecule has 16 heavy (non-hydrogen) atoms. The first-order valence-corrected chi connectivity index (χ1v) is 5.39. The summed E-state index contributed by atoms with van der Waals surface area (Å²) in [4.78, 5) is 0. The maximum absolute atomic E-state index is 9.91. The van der Waals surface area contributed by atoms with Crippen LogP contribution in [0.1, 0.15) is 18.8 Å². The first-order chi connectivity index (χ1) is 7.61. The van der Waals surface area contributed by atoms with E-state index in [1.54, 1.807) is 38.3 Å². The maximum Gasteiger partial charge on any atom is 0.137 e. The summed E-state index contributed by atoms with van der Waals surface area (Å²) in [6.07, 6.45) is -1.08. The number of ether oxygens (including phenoxy) is 1. The largest absolute Gasteiger partial charge is 0.458 e. The van der Waals surface area contributed by atoms with E-state index in [9.17, 15) is 5.11 Å². The van der Waals surface area contributed by atoms with Crippen LogP contribution in [0, 0.1) is 0 Å². The van der Waals surface area contributed by atoms with Crippen LogP contribution < -0.4 is 0 Å². The SMILES string of the molecule is COC(C)C(O)c1cc2cc(Cl)ccc2o1. The molecule has 86 valence electrons. The van der Waals surface area contributed by atoms with Gasteiger partial charge >= 0.3 is 0 Å². The number of aliphatic hydroxyl groups excluding tert-OH is 1. The van der Waals surface area contributed by atoms with Gasteiger partial charge in [-0.25, -0.2) is 0 Å². The molecule has 0 aliphatic carbocycles. The van der Waals surface area contributed by atoms with Crippen molar-refractivity contribution in [3.05, 3.63) is 35.0 Å². The van der Waals surface area contributed by atoms with Crippen LogP contribution in [0.25, 0.3) is 11.0 Å². The Morgan fingerprint density at radius 1 is 1.38 bits per heavy atom. The fourth-order valence-electron chi connectivity index (χ4n) is 1.54. The van der Waals surface area contributed by atoms with Crippen molar-refractivity contribution < 1.29 is 14.3 Å². The molecule has 0 saturated heterocycles. The number of fused-ring (bicyclic) bond motifs is 1. The molecule has 0 spiro atoms. The smallest absolute Gasteiger partial charge is 0.137 e. The van der Waals surface area contributed by atoms with Gasteiger partial charge in [-0.05, 0) is 31.2 Å². The molecular weight excluding hydrogens is 228 g/mol. The Hall–Kier alpha value is -1.03. The van der Waals surface area contributed by atoms with Gasteiger partial charge in [0.25, 0.3) is 0 Å². The number of hydrogen-bond acceptors (Lipinski definition) is 3. The highest BCUT2D eigenvalue weighted by molar-refractivity contribution is 6.31. The van der Waals surface area contributed by atoms with Crippen molar-refractivity contribution in [2.75, 3.05) is 7.11 Å². The van der Waals surface area contributed by atoms with E-state index in [1.165, 1.54) is 0 Å². The molecule has 4 heteroatoms. The quantitative estimate of drug-likeness (QED) is 0.896. The van der Waals surface area contributed by atoms with Crippen LogP contribution in [0.2, 0.25) is 5.02 Å². The third kappa shape index (κ3) is 2.07. The highest BCUT2D eigenvalue weighted by Gasteiger charge is 2.19. The van der Waals surface area contributed by atoms with Crippen LogP contribution in [0.4, 0.5) is 0 Å². The Morgan fingerprint density at radius 3 is 2.81 bits per heavy atom. The zero-order valence-electron chi connectivity index (χ0n) is 9.11. The molecule has 2 atom stereocenters. The van der Waals surface area contributed by atoms with Gasteiger partial charge in [-0.1, -0.05) is 11.6 Å². The Kier molecular flexibility index (Phi) is 3.19. The number of halogens is 1. The molecule has 0 bridgehead atoms. The van der Waals surface area contributed by atoms with Gasteiger partial charge in [-0.3, -0.25) is 0 Å². The van der Waals surface area contributed by atoms with Crippen molar-refractivity contribution in [2.24, 2.45) is 0 Å². The van der Waals surface area contributed by atoms with Crippen molar-refractivity contribution in [2.45, 2.75) is 19.1 Å². The van der Waals surface area contributed by atoms with E-state index in [-0.39, 0.29) is 6.10 Å². The highest BCUT2D eigenvalue weighted by atomic mass is 35.5. The van der Waals surface area contributed by atoms with E-state index in [2.05, 4.69) is 0 Å². The zero-order valence-corrected chi connectivity index (χ0v) is 9.86. The number of hydrogen-bond donors (Lipinski definition) is 1. The minimum atomic E-state index is -0.767. The monoisotopic (exact) mass is 240 g/mol. The lowest BCUT2D eigenvalue weighted by atomic mass is 10.1. The summed E-state index contributed by atoms with van der Waals surface area (Å²) in [5, 5.41) is 11.4. The van der Waals surface area contributed by atoms with Gasteiger partial charge in [0.1, 0.15) is 17.4 Å². The summed E-state index contributed by atoms with van der Waals surface area (Å²) in [5.74, 6) is 0.492. The summed E-state index contributed by atoms with van der Waals surface area (Å²) in [6, 6.07) is 7.12. The Labute approximate surface area is 98.6 Å². The molecule has 1 N–H and O–H groups in total. The lowest BCUT2D eigenvalue weighted by Crippen LogP contribution is -2.15. The van der Waals surface area contributed by atoms with Crippen molar-refractivity contribution in [3.8, 4) is 0 Å². The van der Waals surface area contributed by atoms with E-state index in [4.69, 9.17) is 20.8 Å². The normalized spacial score (nSPS) is 15.2. The van der Waals surface area contributed by atoms with Crippen molar-refractivity contribution in [1.29, 1.82) is 0 Å². The van der Waals surface area contributed by atoms with E-state index in [0.717, 1.165) is 5.39 Å². The molecule has 0 amide bonds. The number of aliphatic hydroxyl groups is 1. The molecule has 1 aromatic carbocycles. The Morgan fingerprint density at radius 2 is 2.12 bits per heavy atom. The molecule has 0 aliphatic rings. The Balaban J connectivity index is 2.39. The van der Waals surface area contributed by atoms with Crippen LogP contribution in [-0.4, -0.2) is 18.3 Å². The molecule has 0 saturated carbocycles. The third-order valence-corrected chi connectivity index (χ3v) is 2.84. The molecule has 0 aliphatic heterocycles. The van der Waals surface area contributed by atoms with Crippen LogP contribution >= 0.6 is 11.6 Å². The van der Waals surface area contributed by atoms with Crippen molar-refractivity contribution in [1.82, 2.24) is 0 Å². The van der Waals surface area contributed by atoms with Gasteiger partial charge in [-0.2, -0.15) is 0 Å². The van der Waals surface area contributed by atoms with Gasteiger partial charge < -0.3 is 14.3 Å². The molecule has 2 unspecified atom stereocenters. The lowest BCUT2D eigenvalue weighted by molar-refractivity contribution is -0.0114. The van der Waals surface area contributed by atoms with E-state index < -0.39 is 6.10 Å². The van der Waals surface area contributed by atoms with Crippen LogP contribution in [0.15, 0.2) is 28.7 Å². The van der Waals surface area contributed by atoms with Gasteiger partial charge in [0.2, 0.25) is 0 Å². The summed E-state index contributed by atoms with van der Waals surface area (Å²) in [6.45, 7) is 1.78. The molecule has 2 aromatic rings. The lowest BCUT2D eigenvalue weighted by Gasteiger charge is -2.14. The molecule has 1 aromatic heterocycles. The summed E-state index contributed by atoms with van der Waals surface area (Å²) >= 11 is 5.87. The molecule has 2 rings (SSSR count). The predicted octanol–water partition coefficient (Wildman–Crippen LogP) is 3.15. The van der Waals surface area contributed by atoms with Gasteiger partial charge in [0, 0.05) is 17.5 Å². The number of benzene rings is 1. The second kappa shape index (κ2) is 4.45. The fraction of sp³-hybridized carbons (Fsp3) is 0.333.